The van der Waals surface area contributed by atoms with Gasteiger partial charge in [-0.2, -0.15) is 13.2 Å². The van der Waals surface area contributed by atoms with E-state index < -0.39 is 23.8 Å². The van der Waals surface area contributed by atoms with Crippen LogP contribution in [0.2, 0.25) is 0 Å². The molecule has 0 radical (unpaired) electrons. The molecule has 3 rings (SSSR count). The molecule has 126 valence electrons. The monoisotopic (exact) mass is 334 g/mol. The number of alkyl halides is 3. The molecule has 2 N–H and O–H groups in total. The Morgan fingerprint density at radius 2 is 1.62 bits per heavy atom. The summed E-state index contributed by atoms with van der Waals surface area (Å²) in [5.41, 5.74) is 8.61. The van der Waals surface area contributed by atoms with Crippen molar-refractivity contribution in [2.45, 2.75) is 32.1 Å². The number of benzene rings is 2. The van der Waals surface area contributed by atoms with Gasteiger partial charge in [-0.15, -0.1) is 0 Å². The summed E-state index contributed by atoms with van der Waals surface area (Å²) in [4.78, 5) is 13.7. The van der Waals surface area contributed by atoms with Crippen LogP contribution in [0, 0.1) is 13.8 Å². The Labute approximate surface area is 137 Å². The second-order valence-corrected chi connectivity index (χ2v) is 6.07. The molecule has 0 bridgehead atoms. The number of anilines is 1. The Balaban J connectivity index is 1.94. The van der Waals surface area contributed by atoms with E-state index in [2.05, 4.69) is 0 Å². The van der Waals surface area contributed by atoms with Crippen molar-refractivity contribution >= 4 is 11.6 Å². The molecule has 1 heterocycles. The first kappa shape index (κ1) is 16.5. The second kappa shape index (κ2) is 5.63. The molecule has 0 aromatic heterocycles. The third-order valence-corrected chi connectivity index (χ3v) is 4.49. The number of rotatable bonds is 2. The lowest BCUT2D eigenvalue weighted by atomic mass is 9.87. The first-order valence-corrected chi connectivity index (χ1v) is 7.53. The average Bonchev–Trinajstić information content (AvgIpc) is 2.54. The summed E-state index contributed by atoms with van der Waals surface area (Å²) in [6, 6.07) is 9.21. The maximum atomic E-state index is 12.7. The van der Waals surface area contributed by atoms with Gasteiger partial charge < -0.3 is 10.6 Å². The Morgan fingerprint density at radius 1 is 1.00 bits per heavy atom. The van der Waals surface area contributed by atoms with E-state index in [9.17, 15) is 18.0 Å². The predicted octanol–water partition coefficient (Wildman–Crippen LogP) is 3.74. The molecule has 6 heteroatoms. The van der Waals surface area contributed by atoms with Gasteiger partial charge >= 0.3 is 6.18 Å². The number of β-lactam (4-membered cyclic amide) rings is 1. The van der Waals surface area contributed by atoms with Gasteiger partial charge in [-0.05, 0) is 54.8 Å². The number of aryl methyl sites for hydroxylation is 2. The molecule has 0 spiro atoms. The standard InChI is InChI=1S/C18H17F3N2O/c1-10-3-8-14(9-11(10)2)23-16(15(22)17(23)24)12-4-6-13(7-5-12)18(19,20)21/h3-9,15-16H,22H2,1-2H3. The van der Waals surface area contributed by atoms with Gasteiger partial charge in [-0.25, -0.2) is 0 Å². The minimum absolute atomic E-state index is 0.233. The Hall–Kier alpha value is -2.34. The van der Waals surface area contributed by atoms with Crippen LogP contribution in [-0.4, -0.2) is 11.9 Å². The summed E-state index contributed by atoms with van der Waals surface area (Å²) >= 11 is 0. The van der Waals surface area contributed by atoms with Gasteiger partial charge in [0.25, 0.3) is 0 Å². The van der Waals surface area contributed by atoms with Crippen molar-refractivity contribution in [1.29, 1.82) is 0 Å². The predicted molar refractivity (Wildman–Crippen MR) is 85.6 cm³/mol. The molecule has 1 fully saturated rings. The molecule has 2 unspecified atom stereocenters. The van der Waals surface area contributed by atoms with E-state index in [-0.39, 0.29) is 5.91 Å². The van der Waals surface area contributed by atoms with Gasteiger partial charge in [0, 0.05) is 5.69 Å². The van der Waals surface area contributed by atoms with Crippen molar-refractivity contribution in [3.63, 3.8) is 0 Å². The number of nitrogens with zero attached hydrogens (tertiary/aromatic N) is 1. The summed E-state index contributed by atoms with van der Waals surface area (Å²) in [6.45, 7) is 3.91. The highest BCUT2D eigenvalue weighted by atomic mass is 19.4. The van der Waals surface area contributed by atoms with Gasteiger partial charge in [-0.3, -0.25) is 4.79 Å². The molecule has 2 aromatic rings. The maximum Gasteiger partial charge on any atom is 0.416 e. The number of amides is 1. The smallest absolute Gasteiger partial charge is 0.318 e. The summed E-state index contributed by atoms with van der Waals surface area (Å²) in [5, 5.41) is 0. The van der Waals surface area contributed by atoms with Gasteiger partial charge in [0.05, 0.1) is 11.6 Å². The van der Waals surface area contributed by atoms with E-state index >= 15 is 0 Å². The van der Waals surface area contributed by atoms with Gasteiger partial charge in [0.2, 0.25) is 5.91 Å². The fourth-order valence-corrected chi connectivity index (χ4v) is 2.90. The van der Waals surface area contributed by atoms with Crippen LogP contribution >= 0.6 is 0 Å². The van der Waals surface area contributed by atoms with Gasteiger partial charge in [-0.1, -0.05) is 18.2 Å². The zero-order valence-corrected chi connectivity index (χ0v) is 13.3. The SMILES string of the molecule is Cc1ccc(N2C(=O)C(N)C2c2ccc(C(F)(F)F)cc2)cc1C. The second-order valence-electron chi connectivity index (χ2n) is 6.07. The van der Waals surface area contributed by atoms with E-state index in [0.717, 1.165) is 23.3 Å². The summed E-state index contributed by atoms with van der Waals surface area (Å²) in [6.07, 6.45) is -4.39. The summed E-state index contributed by atoms with van der Waals surface area (Å²) < 4.78 is 38.1. The molecule has 1 saturated heterocycles. The van der Waals surface area contributed by atoms with E-state index in [0.29, 0.717) is 11.3 Å². The first-order valence-electron chi connectivity index (χ1n) is 7.53. The fourth-order valence-electron chi connectivity index (χ4n) is 2.90. The van der Waals surface area contributed by atoms with Crippen LogP contribution < -0.4 is 10.6 Å². The molecular weight excluding hydrogens is 317 g/mol. The highest BCUT2D eigenvalue weighted by Gasteiger charge is 2.46. The molecule has 1 aliphatic rings. The van der Waals surface area contributed by atoms with Crippen LogP contribution in [-0.2, 0) is 11.0 Å². The van der Waals surface area contributed by atoms with Crippen LogP contribution in [0.4, 0.5) is 18.9 Å². The zero-order chi connectivity index (χ0) is 17.6. The van der Waals surface area contributed by atoms with Crippen molar-refractivity contribution < 1.29 is 18.0 Å². The van der Waals surface area contributed by atoms with Gasteiger partial charge in [0.15, 0.2) is 0 Å². The number of nitrogens with two attached hydrogens (primary N) is 1. The van der Waals surface area contributed by atoms with Crippen molar-refractivity contribution in [3.8, 4) is 0 Å². The topological polar surface area (TPSA) is 46.3 Å². The Bertz CT molecular complexity index is 784. The van der Waals surface area contributed by atoms with Crippen LogP contribution in [0.5, 0.6) is 0 Å². The number of hydrogen-bond donors (Lipinski definition) is 1. The summed E-state index contributed by atoms with van der Waals surface area (Å²) in [7, 11) is 0. The van der Waals surface area contributed by atoms with Crippen LogP contribution in [0.3, 0.4) is 0 Å². The van der Waals surface area contributed by atoms with E-state index in [1.54, 1.807) is 4.90 Å². The third-order valence-electron chi connectivity index (χ3n) is 4.49. The number of carbonyl (C=O) groups is 1. The Morgan fingerprint density at radius 3 is 2.17 bits per heavy atom. The molecule has 2 aromatic carbocycles. The quantitative estimate of drug-likeness (QED) is 0.851. The van der Waals surface area contributed by atoms with E-state index in [4.69, 9.17) is 5.73 Å². The molecular formula is C18H17F3N2O. The molecule has 0 saturated carbocycles. The van der Waals surface area contributed by atoms with Crippen LogP contribution in [0.1, 0.15) is 28.3 Å². The average molecular weight is 334 g/mol. The van der Waals surface area contributed by atoms with Crippen LogP contribution in [0.25, 0.3) is 0 Å². The molecule has 24 heavy (non-hydrogen) atoms. The fraction of sp³-hybridized carbons (Fsp3) is 0.278. The minimum Gasteiger partial charge on any atom is -0.318 e. The van der Waals surface area contributed by atoms with Crippen LogP contribution in [0.15, 0.2) is 42.5 Å². The molecule has 1 aliphatic heterocycles. The maximum absolute atomic E-state index is 12.7. The largest absolute Gasteiger partial charge is 0.416 e. The highest BCUT2D eigenvalue weighted by Crippen LogP contribution is 2.39. The molecule has 0 aliphatic carbocycles. The highest BCUT2D eigenvalue weighted by molar-refractivity contribution is 6.05. The molecule has 1 amide bonds. The third kappa shape index (κ3) is 2.67. The summed E-state index contributed by atoms with van der Waals surface area (Å²) in [5.74, 6) is -0.233. The lowest BCUT2D eigenvalue weighted by Gasteiger charge is -2.45. The lowest BCUT2D eigenvalue weighted by molar-refractivity contribution is -0.137. The number of halogens is 3. The minimum atomic E-state index is -4.39. The Kier molecular flexibility index (Phi) is 3.87. The van der Waals surface area contributed by atoms with Crippen molar-refractivity contribution in [3.05, 3.63) is 64.7 Å². The first-order chi connectivity index (χ1) is 11.2. The lowest BCUT2D eigenvalue weighted by Crippen LogP contribution is -2.63. The molecule has 2 atom stereocenters. The normalized spacial score (nSPS) is 20.9. The number of carbonyl (C=O) groups excluding carboxylic acids is 1. The van der Waals surface area contributed by atoms with E-state index in [1.807, 2.05) is 32.0 Å². The van der Waals surface area contributed by atoms with Crippen molar-refractivity contribution in [2.75, 3.05) is 4.90 Å². The van der Waals surface area contributed by atoms with E-state index in [1.165, 1.54) is 12.1 Å². The number of hydrogen-bond acceptors (Lipinski definition) is 2. The zero-order valence-electron chi connectivity index (χ0n) is 13.3. The molecule has 3 nitrogen and oxygen atoms in total. The van der Waals surface area contributed by atoms with Crippen molar-refractivity contribution in [2.24, 2.45) is 5.73 Å². The van der Waals surface area contributed by atoms with Crippen molar-refractivity contribution in [1.82, 2.24) is 0 Å². The van der Waals surface area contributed by atoms with Gasteiger partial charge in [0.1, 0.15) is 6.04 Å².